The van der Waals surface area contributed by atoms with Gasteiger partial charge in [-0.1, -0.05) is 31.4 Å². The summed E-state index contributed by atoms with van der Waals surface area (Å²) in [5, 5.41) is 0. The van der Waals surface area contributed by atoms with Crippen LogP contribution in [0.1, 0.15) is 41.6 Å². The average Bonchev–Trinajstić information content (AvgIpc) is 2.81. The number of hydrogen-bond acceptors (Lipinski definition) is 6. The van der Waals surface area contributed by atoms with Crippen LogP contribution >= 0.6 is 33.2 Å². The van der Waals surface area contributed by atoms with Crippen molar-refractivity contribution >= 4 is 57.3 Å². The molecule has 0 heterocycles. The van der Waals surface area contributed by atoms with Crippen LogP contribution in [0.5, 0.6) is 17.2 Å². The van der Waals surface area contributed by atoms with Crippen molar-refractivity contribution in [2.24, 2.45) is 0 Å². The molecule has 0 unspecified atom stereocenters. The first-order chi connectivity index (χ1) is 16.2. The van der Waals surface area contributed by atoms with Crippen LogP contribution in [0.25, 0.3) is 6.08 Å². The number of ether oxygens (including phenoxy) is 4. The zero-order chi connectivity index (χ0) is 25.0. The fourth-order valence-corrected chi connectivity index (χ4v) is 4.80. The predicted molar refractivity (Wildman–Crippen MR) is 138 cm³/mol. The Morgan fingerprint density at radius 2 is 1.56 bits per heavy atom. The highest BCUT2D eigenvalue weighted by Gasteiger charge is 2.23. The van der Waals surface area contributed by atoms with Crippen molar-refractivity contribution in [2.75, 3.05) is 20.8 Å². The van der Waals surface area contributed by atoms with Crippen LogP contribution in [0.4, 0.5) is 0 Å². The fraction of sp³-hybridized carbons (Fsp3) is 0.333. The number of benzene rings is 2. The van der Waals surface area contributed by atoms with Crippen LogP contribution in [0, 0.1) is 0 Å². The number of carbonyl (C=O) groups excluding carboxylic acids is 2. The molecule has 0 atom stereocenters. The SMILES string of the molecule is COc1ccc(C(=O)Oc2ccc(/C=C/C(=O)OCCCCCC[Si](Cl)(Cl)Cl)cc2)cc1OC. The lowest BCUT2D eigenvalue weighted by Crippen LogP contribution is -2.08. The Kier molecular flexibility index (Phi) is 11.8. The van der Waals surface area contributed by atoms with E-state index in [-0.39, 0.29) is 0 Å². The van der Waals surface area contributed by atoms with Crippen LogP contribution < -0.4 is 14.2 Å². The van der Waals surface area contributed by atoms with Gasteiger partial charge in [-0.3, -0.25) is 0 Å². The lowest BCUT2D eigenvalue weighted by molar-refractivity contribution is -0.137. The van der Waals surface area contributed by atoms with Crippen molar-refractivity contribution in [1.29, 1.82) is 0 Å². The number of unbranched alkanes of at least 4 members (excludes halogenated alkanes) is 3. The molecule has 10 heteroatoms. The van der Waals surface area contributed by atoms with Gasteiger partial charge in [0.2, 0.25) is 0 Å². The standard InChI is InChI=1S/C24H27Cl3O6Si/c1-30-21-13-10-19(17-22(21)31-2)24(29)33-20-11-7-18(8-12-20)9-14-23(28)32-15-5-3-4-6-16-34(25,26)27/h7-14,17H,3-6,15-16H2,1-2H3/b14-9+. The van der Waals surface area contributed by atoms with Crippen LogP contribution in [-0.4, -0.2) is 38.8 Å². The minimum absolute atomic E-state index is 0.330. The summed E-state index contributed by atoms with van der Waals surface area (Å²) in [5.41, 5.74) is 1.09. The van der Waals surface area contributed by atoms with Crippen LogP contribution in [0.2, 0.25) is 6.04 Å². The van der Waals surface area contributed by atoms with Gasteiger partial charge in [0.25, 0.3) is 0 Å². The highest BCUT2D eigenvalue weighted by Crippen LogP contribution is 2.28. The molecule has 0 saturated carbocycles. The van der Waals surface area contributed by atoms with E-state index >= 15 is 0 Å². The first kappa shape index (κ1) is 28.0. The van der Waals surface area contributed by atoms with Gasteiger partial charge in [0.1, 0.15) is 5.75 Å². The zero-order valence-electron chi connectivity index (χ0n) is 19.0. The summed E-state index contributed by atoms with van der Waals surface area (Å²) in [6.07, 6.45) is 6.48. The number of methoxy groups -OCH3 is 2. The van der Waals surface area contributed by atoms with E-state index in [0.717, 1.165) is 31.2 Å². The van der Waals surface area contributed by atoms with Crippen molar-refractivity contribution in [3.8, 4) is 17.2 Å². The molecule has 0 bridgehead atoms. The minimum atomic E-state index is -2.53. The van der Waals surface area contributed by atoms with E-state index in [1.54, 1.807) is 48.5 Å². The normalized spacial score (nSPS) is 11.3. The Morgan fingerprint density at radius 3 is 2.21 bits per heavy atom. The van der Waals surface area contributed by atoms with E-state index in [4.69, 9.17) is 52.2 Å². The number of rotatable bonds is 13. The summed E-state index contributed by atoms with van der Waals surface area (Å²) in [5.74, 6) is 0.384. The molecule has 0 aliphatic carbocycles. The van der Waals surface area contributed by atoms with Crippen molar-refractivity contribution in [2.45, 2.75) is 31.7 Å². The van der Waals surface area contributed by atoms with Crippen LogP contribution in [0.3, 0.4) is 0 Å². The molecule has 34 heavy (non-hydrogen) atoms. The summed E-state index contributed by atoms with van der Waals surface area (Å²) < 4.78 is 21.0. The smallest absolute Gasteiger partial charge is 0.343 e. The minimum Gasteiger partial charge on any atom is -0.493 e. The second-order valence-electron chi connectivity index (χ2n) is 7.31. The molecule has 0 aliphatic heterocycles. The van der Waals surface area contributed by atoms with Gasteiger partial charge in [0.05, 0.1) is 26.4 Å². The Labute approximate surface area is 214 Å². The van der Waals surface area contributed by atoms with E-state index in [2.05, 4.69) is 0 Å². The first-order valence-electron chi connectivity index (χ1n) is 10.7. The Morgan fingerprint density at radius 1 is 0.882 bits per heavy atom. The van der Waals surface area contributed by atoms with E-state index in [1.807, 2.05) is 0 Å². The Bertz CT molecular complexity index is 974. The number of carbonyl (C=O) groups is 2. The van der Waals surface area contributed by atoms with Gasteiger partial charge in [-0.2, -0.15) is 0 Å². The molecule has 2 aromatic rings. The predicted octanol–water partition coefficient (Wildman–Crippen LogP) is 6.70. The van der Waals surface area contributed by atoms with Crippen molar-refractivity contribution in [3.05, 3.63) is 59.7 Å². The highest BCUT2D eigenvalue weighted by atomic mass is 35.8. The summed E-state index contributed by atoms with van der Waals surface area (Å²) in [4.78, 5) is 24.3. The maximum Gasteiger partial charge on any atom is 0.343 e. The van der Waals surface area contributed by atoms with E-state index < -0.39 is 17.9 Å². The van der Waals surface area contributed by atoms with Crippen LogP contribution in [-0.2, 0) is 9.53 Å². The quantitative estimate of drug-likeness (QED) is 0.0697. The van der Waals surface area contributed by atoms with Gasteiger partial charge in [0.15, 0.2) is 11.5 Å². The summed E-state index contributed by atoms with van der Waals surface area (Å²) in [7, 11) is 3.01. The van der Waals surface area contributed by atoms with Gasteiger partial charge < -0.3 is 18.9 Å². The molecular weight excluding hydrogens is 519 g/mol. The molecule has 2 aromatic carbocycles. The van der Waals surface area contributed by atoms with Gasteiger partial charge >= 0.3 is 17.9 Å². The molecule has 6 nitrogen and oxygen atoms in total. The van der Waals surface area contributed by atoms with Gasteiger partial charge in [0, 0.05) is 6.08 Å². The largest absolute Gasteiger partial charge is 0.493 e. The molecule has 0 saturated heterocycles. The summed E-state index contributed by atoms with van der Waals surface area (Å²) >= 11 is 17.5. The third-order valence-corrected chi connectivity index (χ3v) is 7.34. The molecular formula is C24H27Cl3O6Si. The van der Waals surface area contributed by atoms with Crippen LogP contribution in [0.15, 0.2) is 48.5 Å². The summed E-state index contributed by atoms with van der Waals surface area (Å²) in [6.45, 7) is 0.347. The molecule has 2 rings (SSSR count). The maximum absolute atomic E-state index is 12.4. The monoisotopic (exact) mass is 544 g/mol. The molecule has 0 aliphatic rings. The van der Waals surface area contributed by atoms with Gasteiger partial charge in [-0.15, -0.1) is 33.2 Å². The second-order valence-corrected chi connectivity index (χ2v) is 16.6. The molecule has 0 N–H and O–H groups in total. The lowest BCUT2D eigenvalue weighted by atomic mass is 10.2. The number of hydrogen-bond donors (Lipinski definition) is 0. The molecule has 0 spiro atoms. The van der Waals surface area contributed by atoms with Gasteiger partial charge in [-0.05, 0) is 54.4 Å². The highest BCUT2D eigenvalue weighted by molar-refractivity contribution is 7.64. The van der Waals surface area contributed by atoms with E-state index in [1.165, 1.54) is 20.3 Å². The third kappa shape index (κ3) is 10.4. The zero-order valence-corrected chi connectivity index (χ0v) is 22.3. The van der Waals surface area contributed by atoms with Gasteiger partial charge in [-0.25, -0.2) is 9.59 Å². The lowest BCUT2D eigenvalue weighted by Gasteiger charge is -2.09. The number of halogens is 3. The third-order valence-electron chi connectivity index (χ3n) is 4.72. The summed E-state index contributed by atoms with van der Waals surface area (Å²) in [6, 6.07) is 9.64. The molecule has 184 valence electrons. The fourth-order valence-electron chi connectivity index (χ4n) is 2.94. The second kappa shape index (κ2) is 14.3. The van der Waals surface area contributed by atoms with E-state index in [0.29, 0.717) is 35.5 Å². The molecule has 0 aromatic heterocycles. The van der Waals surface area contributed by atoms with Crippen molar-refractivity contribution < 1.29 is 28.5 Å². The van der Waals surface area contributed by atoms with Crippen molar-refractivity contribution in [1.82, 2.24) is 0 Å². The number of esters is 2. The molecule has 0 radical (unpaired) electrons. The topological polar surface area (TPSA) is 71.1 Å². The molecule has 0 fully saturated rings. The maximum atomic E-state index is 12.4. The average molecular weight is 546 g/mol. The first-order valence-corrected chi connectivity index (χ1v) is 15.9. The molecule has 0 amide bonds. The Balaban J connectivity index is 1.75. The van der Waals surface area contributed by atoms with E-state index in [9.17, 15) is 9.59 Å². The van der Waals surface area contributed by atoms with Crippen molar-refractivity contribution in [3.63, 3.8) is 0 Å². The Hall–Kier alpha value is -2.19.